The molecule has 2 aliphatic carbocycles. The van der Waals surface area contributed by atoms with E-state index < -0.39 is 0 Å². The summed E-state index contributed by atoms with van der Waals surface area (Å²) in [5.41, 5.74) is 2.10. The fraction of sp³-hybridized carbons (Fsp3) is 1.00. The van der Waals surface area contributed by atoms with Crippen LogP contribution in [0.3, 0.4) is 0 Å². The van der Waals surface area contributed by atoms with E-state index in [0.717, 1.165) is 76.9 Å². The smallest absolute Gasteiger partial charge is 0.0266 e. The molecule has 0 radical (unpaired) electrons. The summed E-state index contributed by atoms with van der Waals surface area (Å²) in [5, 5.41) is 0. The Morgan fingerprint density at radius 1 is 0.404 bits per heavy atom. The molecule has 52 heavy (non-hydrogen) atoms. The van der Waals surface area contributed by atoms with Crippen LogP contribution in [-0.4, -0.2) is 0 Å². The number of rotatable bonds is 24. The highest BCUT2D eigenvalue weighted by molar-refractivity contribution is 5.07. The van der Waals surface area contributed by atoms with Crippen LogP contribution in [-0.2, 0) is 0 Å². The van der Waals surface area contributed by atoms with Gasteiger partial charge >= 0.3 is 0 Å². The standard InChI is InChI=1S/C52H102/c1-36(2)23-24-39(6)29-40(7)31-43(10)45(12)32-44(11)42(9)30-38(5)21-20-22-41(8)47(14)48(15)46(13)33-49(16)25-27-51(18,34-49)52(19)28-26-50(17,35-52)37(3)4/h36-48H,20-35H2,1-19H3/t38-,39+,40+,41-,42-,43+,44?,45-,46-,47-,48+,49-,50-,51-,52+/m0/s1. The molecule has 2 saturated carbocycles. The Labute approximate surface area is 331 Å². The van der Waals surface area contributed by atoms with Gasteiger partial charge in [-0.15, -0.1) is 0 Å². The third kappa shape index (κ3) is 13.9. The second-order valence-corrected chi connectivity index (χ2v) is 24.0. The van der Waals surface area contributed by atoms with E-state index >= 15 is 0 Å². The molecule has 0 nitrogen and oxygen atoms in total. The zero-order valence-electron chi connectivity index (χ0n) is 39.8. The van der Waals surface area contributed by atoms with Crippen LogP contribution in [0.15, 0.2) is 0 Å². The van der Waals surface area contributed by atoms with Gasteiger partial charge in [-0.3, -0.25) is 0 Å². The van der Waals surface area contributed by atoms with E-state index in [2.05, 4.69) is 132 Å². The van der Waals surface area contributed by atoms with Gasteiger partial charge in [-0.25, -0.2) is 0 Å². The molecule has 0 aliphatic heterocycles. The molecule has 2 fully saturated rings. The highest BCUT2D eigenvalue weighted by Gasteiger charge is 2.57. The summed E-state index contributed by atoms with van der Waals surface area (Å²) in [5.74, 6) is 10.9. The van der Waals surface area contributed by atoms with Crippen LogP contribution in [0.4, 0.5) is 0 Å². The van der Waals surface area contributed by atoms with Crippen LogP contribution in [0.5, 0.6) is 0 Å². The SMILES string of the molecule is CC(C)CC[C@@H](C)C[C@@H](C)C[C@@H](C)[C@@H](C)CC(C)[C@@H](C)C[C@@H](C)CCC[C@H](C)[C@H](C)[C@H](C)[C@@H](C)C[C@]1(C)CC[C@](C)([C@]2(C)CC[C@](C)(C(C)C)C2)C1. The van der Waals surface area contributed by atoms with Crippen molar-refractivity contribution in [3.8, 4) is 0 Å². The Hall–Kier alpha value is 0. The minimum Gasteiger partial charge on any atom is -0.0628 e. The quantitative estimate of drug-likeness (QED) is 0.0929. The van der Waals surface area contributed by atoms with E-state index in [-0.39, 0.29) is 0 Å². The fourth-order valence-electron chi connectivity index (χ4n) is 12.5. The lowest BCUT2D eigenvalue weighted by molar-refractivity contribution is 0.0422. The molecule has 0 aromatic heterocycles. The molecule has 0 aromatic rings. The number of hydrogen-bond acceptors (Lipinski definition) is 0. The lowest BCUT2D eigenvalue weighted by Crippen LogP contribution is -2.36. The van der Waals surface area contributed by atoms with Crippen molar-refractivity contribution < 1.29 is 0 Å². The Balaban J connectivity index is 1.75. The summed E-state index contributed by atoms with van der Waals surface area (Å²) >= 11 is 0. The molecule has 0 bridgehead atoms. The van der Waals surface area contributed by atoms with Gasteiger partial charge in [0, 0.05) is 0 Å². The highest BCUT2D eigenvalue weighted by atomic mass is 14.6. The zero-order valence-corrected chi connectivity index (χ0v) is 39.8. The van der Waals surface area contributed by atoms with E-state index in [0.29, 0.717) is 21.7 Å². The van der Waals surface area contributed by atoms with Gasteiger partial charge in [0.2, 0.25) is 0 Å². The second kappa shape index (κ2) is 20.4. The fourth-order valence-corrected chi connectivity index (χ4v) is 12.5. The molecule has 1 unspecified atom stereocenters. The first kappa shape index (κ1) is 48.1. The van der Waals surface area contributed by atoms with Crippen molar-refractivity contribution >= 4 is 0 Å². The minimum atomic E-state index is 0.517. The third-order valence-corrected chi connectivity index (χ3v) is 18.1. The molecule has 310 valence electrons. The summed E-state index contributed by atoms with van der Waals surface area (Å²) in [6, 6.07) is 0. The first-order valence-electron chi connectivity index (χ1n) is 23.9. The first-order valence-corrected chi connectivity index (χ1v) is 23.9. The summed E-state index contributed by atoms with van der Waals surface area (Å²) in [7, 11) is 0. The Bertz CT molecular complexity index is 992. The molecule has 0 heteroatoms. The van der Waals surface area contributed by atoms with Crippen molar-refractivity contribution in [1.82, 2.24) is 0 Å². The summed E-state index contributed by atoms with van der Waals surface area (Å²) in [6.45, 7) is 48.6. The maximum Gasteiger partial charge on any atom is -0.0266 e. The first-order chi connectivity index (χ1) is 23.9. The van der Waals surface area contributed by atoms with Crippen molar-refractivity contribution in [3.63, 3.8) is 0 Å². The van der Waals surface area contributed by atoms with Crippen LogP contribution >= 0.6 is 0 Å². The molecule has 0 spiro atoms. The van der Waals surface area contributed by atoms with Gasteiger partial charge in [0.1, 0.15) is 0 Å². The second-order valence-electron chi connectivity index (χ2n) is 24.0. The van der Waals surface area contributed by atoms with Crippen LogP contribution < -0.4 is 0 Å². The van der Waals surface area contributed by atoms with Gasteiger partial charge in [-0.2, -0.15) is 0 Å². The normalized spacial score (nSPS) is 33.4. The maximum atomic E-state index is 2.70. The van der Waals surface area contributed by atoms with E-state index in [1.54, 1.807) is 0 Å². The molecule has 2 rings (SSSR count). The van der Waals surface area contributed by atoms with Crippen LogP contribution in [0.25, 0.3) is 0 Å². The zero-order chi connectivity index (χ0) is 39.8. The van der Waals surface area contributed by atoms with E-state index in [4.69, 9.17) is 0 Å². The lowest BCUT2D eigenvalue weighted by Gasteiger charge is -2.45. The van der Waals surface area contributed by atoms with Crippen molar-refractivity contribution in [3.05, 3.63) is 0 Å². The summed E-state index contributed by atoms with van der Waals surface area (Å²) in [6.07, 6.45) is 22.8. The van der Waals surface area contributed by atoms with Crippen LogP contribution in [0, 0.1) is 98.6 Å². The molecular formula is C52H102. The van der Waals surface area contributed by atoms with E-state index in [1.807, 2.05) is 0 Å². The Kier molecular flexibility index (Phi) is 18.9. The molecule has 15 atom stereocenters. The molecule has 0 saturated heterocycles. The van der Waals surface area contributed by atoms with Gasteiger partial charge in [0.25, 0.3) is 0 Å². The maximum absolute atomic E-state index is 2.70. The van der Waals surface area contributed by atoms with Crippen molar-refractivity contribution in [2.45, 2.75) is 234 Å². The van der Waals surface area contributed by atoms with Crippen molar-refractivity contribution in [1.29, 1.82) is 0 Å². The van der Waals surface area contributed by atoms with Crippen LogP contribution in [0.1, 0.15) is 234 Å². The monoisotopic (exact) mass is 727 g/mol. The predicted octanol–water partition coefficient (Wildman–Crippen LogP) is 17.6. The molecule has 2 aliphatic rings. The van der Waals surface area contributed by atoms with Gasteiger partial charge in [-0.05, 0) is 169 Å². The topological polar surface area (TPSA) is 0 Å². The highest BCUT2D eigenvalue weighted by Crippen LogP contribution is 2.68. The van der Waals surface area contributed by atoms with Crippen molar-refractivity contribution in [2.24, 2.45) is 98.6 Å². The van der Waals surface area contributed by atoms with E-state index in [9.17, 15) is 0 Å². The Morgan fingerprint density at radius 2 is 0.885 bits per heavy atom. The van der Waals surface area contributed by atoms with Gasteiger partial charge in [0.15, 0.2) is 0 Å². The van der Waals surface area contributed by atoms with Crippen LogP contribution in [0.2, 0.25) is 0 Å². The van der Waals surface area contributed by atoms with Crippen molar-refractivity contribution in [2.75, 3.05) is 0 Å². The number of hydrogen-bond donors (Lipinski definition) is 0. The largest absolute Gasteiger partial charge is 0.0628 e. The lowest BCUT2D eigenvalue weighted by atomic mass is 9.59. The molecule has 0 N–H and O–H groups in total. The molecular weight excluding hydrogens is 625 g/mol. The molecule has 0 aromatic carbocycles. The molecule has 0 amide bonds. The van der Waals surface area contributed by atoms with E-state index in [1.165, 1.54) is 103 Å². The third-order valence-electron chi connectivity index (χ3n) is 18.1. The van der Waals surface area contributed by atoms with Gasteiger partial charge < -0.3 is 0 Å². The minimum absolute atomic E-state index is 0.517. The molecule has 0 heterocycles. The average molecular weight is 727 g/mol. The Morgan fingerprint density at radius 3 is 1.42 bits per heavy atom. The summed E-state index contributed by atoms with van der Waals surface area (Å²) < 4.78 is 0. The predicted molar refractivity (Wildman–Crippen MR) is 237 cm³/mol. The van der Waals surface area contributed by atoms with Gasteiger partial charge in [-0.1, -0.05) is 164 Å². The van der Waals surface area contributed by atoms with Gasteiger partial charge in [0.05, 0.1) is 0 Å². The average Bonchev–Trinajstić information content (AvgIpc) is 3.55. The summed E-state index contributed by atoms with van der Waals surface area (Å²) in [4.78, 5) is 0.